The van der Waals surface area contributed by atoms with E-state index in [0.29, 0.717) is 0 Å². The maximum atomic E-state index is 14.0. The number of carbonyl (C=O) groups excluding carboxylic acids is 1. The van der Waals surface area contributed by atoms with Crippen molar-refractivity contribution in [2.45, 2.75) is 25.6 Å². The largest absolute Gasteiger partial charge is 0.488 e. The molecule has 5 nitrogen and oxygen atoms in total. The number of para-hydroxylation sites is 1. The number of hydrogen-bond donors (Lipinski definition) is 2. The molecule has 0 amide bonds. The van der Waals surface area contributed by atoms with Gasteiger partial charge in [0.2, 0.25) is 0 Å². The Morgan fingerprint density at radius 3 is 2.09 bits per heavy atom. The molecule has 0 bridgehead atoms. The maximum Gasteiger partial charge on any atom is 0.416 e. The molecule has 174 valence electrons. The minimum absolute atomic E-state index is 0.0143. The molecule has 0 fully saturated rings. The van der Waals surface area contributed by atoms with Crippen molar-refractivity contribution in [1.82, 2.24) is 0 Å². The summed E-state index contributed by atoms with van der Waals surface area (Å²) in [5.74, 6) is -2.19. The number of rotatable bonds is 8. The van der Waals surface area contributed by atoms with E-state index in [9.17, 15) is 28.2 Å². The third kappa shape index (κ3) is 5.71. The van der Waals surface area contributed by atoms with E-state index in [1.165, 1.54) is 12.1 Å². The Morgan fingerprint density at radius 1 is 0.970 bits per heavy atom. The molecule has 8 heteroatoms. The number of benzene rings is 3. The van der Waals surface area contributed by atoms with Crippen molar-refractivity contribution in [3.63, 3.8) is 0 Å². The number of aliphatic hydroxyl groups is 2. The van der Waals surface area contributed by atoms with E-state index in [2.05, 4.69) is 0 Å². The zero-order valence-electron chi connectivity index (χ0n) is 17.8. The van der Waals surface area contributed by atoms with Crippen LogP contribution in [0.5, 0.6) is 11.5 Å². The van der Waals surface area contributed by atoms with Crippen LogP contribution in [0.15, 0.2) is 66.7 Å². The van der Waals surface area contributed by atoms with Gasteiger partial charge in [0.15, 0.2) is 0 Å². The third-order valence-corrected chi connectivity index (χ3v) is 5.13. The maximum absolute atomic E-state index is 14.0. The van der Waals surface area contributed by atoms with Gasteiger partial charge in [0, 0.05) is 5.92 Å². The lowest BCUT2D eigenvalue weighted by molar-refractivity contribution is -0.139. The monoisotopic (exact) mass is 460 g/mol. The Hall–Kier alpha value is -3.36. The molecule has 3 aromatic carbocycles. The molecule has 0 atom stereocenters. The summed E-state index contributed by atoms with van der Waals surface area (Å²) in [6, 6.07) is 17.9. The first-order chi connectivity index (χ1) is 15.8. The van der Waals surface area contributed by atoms with Gasteiger partial charge in [-0.05, 0) is 41.8 Å². The molecule has 0 unspecified atom stereocenters. The molecule has 2 N–H and O–H groups in total. The zero-order valence-corrected chi connectivity index (χ0v) is 17.8. The average molecular weight is 460 g/mol. The van der Waals surface area contributed by atoms with Gasteiger partial charge in [0.05, 0.1) is 18.8 Å². The second-order valence-electron chi connectivity index (χ2n) is 7.38. The van der Waals surface area contributed by atoms with Crippen LogP contribution in [0.1, 0.15) is 38.5 Å². The van der Waals surface area contributed by atoms with Crippen LogP contribution in [0.4, 0.5) is 13.2 Å². The molecule has 0 radical (unpaired) electrons. The Kier molecular flexibility index (Phi) is 7.73. The van der Waals surface area contributed by atoms with Gasteiger partial charge in [-0.3, -0.25) is 0 Å². The summed E-state index contributed by atoms with van der Waals surface area (Å²) in [5, 5.41) is 19.1. The highest BCUT2D eigenvalue weighted by Gasteiger charge is 2.40. The predicted molar refractivity (Wildman–Crippen MR) is 115 cm³/mol. The van der Waals surface area contributed by atoms with E-state index in [0.717, 1.165) is 18.6 Å². The SMILES string of the molecule is Cc1c(C(=O)Oc2ccccc2)c(OCc2ccccc2)cc(C(CO)CO)c1C(F)(F)F. The summed E-state index contributed by atoms with van der Waals surface area (Å²) in [5.41, 5.74) is -1.51. The molecular formula is C25H23F3O5. The van der Waals surface area contributed by atoms with Crippen LogP contribution in [0, 0.1) is 6.92 Å². The lowest BCUT2D eigenvalue weighted by atomic mass is 9.88. The molecular weight excluding hydrogens is 437 g/mol. The quantitative estimate of drug-likeness (QED) is 0.370. The molecule has 0 spiro atoms. The number of ether oxygens (including phenoxy) is 2. The Balaban J connectivity index is 2.15. The van der Waals surface area contributed by atoms with E-state index < -0.39 is 42.4 Å². The lowest BCUT2D eigenvalue weighted by Gasteiger charge is -2.24. The number of esters is 1. The van der Waals surface area contributed by atoms with Crippen molar-refractivity contribution in [3.05, 3.63) is 94.5 Å². The minimum Gasteiger partial charge on any atom is -0.488 e. The Bertz CT molecular complexity index is 1080. The van der Waals surface area contributed by atoms with Gasteiger partial charge >= 0.3 is 12.1 Å². The van der Waals surface area contributed by atoms with Gasteiger partial charge in [0.1, 0.15) is 23.7 Å². The fourth-order valence-electron chi connectivity index (χ4n) is 3.51. The summed E-state index contributed by atoms with van der Waals surface area (Å²) in [7, 11) is 0. The van der Waals surface area contributed by atoms with Gasteiger partial charge in [-0.25, -0.2) is 4.79 Å². The molecule has 0 saturated carbocycles. The second kappa shape index (κ2) is 10.5. The molecule has 0 aliphatic heterocycles. The molecule has 3 rings (SSSR count). The Labute approximate surface area is 189 Å². The van der Waals surface area contributed by atoms with Crippen molar-refractivity contribution in [3.8, 4) is 11.5 Å². The van der Waals surface area contributed by atoms with E-state index in [1.54, 1.807) is 48.5 Å². The van der Waals surface area contributed by atoms with Crippen LogP contribution < -0.4 is 9.47 Å². The molecule has 3 aromatic rings. The first-order valence-electron chi connectivity index (χ1n) is 10.2. The lowest BCUT2D eigenvalue weighted by Crippen LogP contribution is -2.22. The zero-order chi connectivity index (χ0) is 24.0. The van der Waals surface area contributed by atoms with Crippen molar-refractivity contribution in [2.75, 3.05) is 13.2 Å². The van der Waals surface area contributed by atoms with Crippen molar-refractivity contribution in [2.24, 2.45) is 0 Å². The van der Waals surface area contributed by atoms with Crippen molar-refractivity contribution >= 4 is 5.97 Å². The fraction of sp³-hybridized carbons (Fsp3) is 0.240. The van der Waals surface area contributed by atoms with Gasteiger partial charge in [0.25, 0.3) is 0 Å². The molecule has 0 aliphatic rings. The van der Waals surface area contributed by atoms with E-state index >= 15 is 0 Å². The van der Waals surface area contributed by atoms with E-state index in [-0.39, 0.29) is 29.2 Å². The first-order valence-corrected chi connectivity index (χ1v) is 10.2. The third-order valence-electron chi connectivity index (χ3n) is 5.13. The summed E-state index contributed by atoms with van der Waals surface area (Å²) in [6.45, 7) is -0.301. The normalized spacial score (nSPS) is 11.5. The van der Waals surface area contributed by atoms with Crippen LogP contribution in [-0.4, -0.2) is 29.4 Å². The van der Waals surface area contributed by atoms with Crippen molar-refractivity contribution < 1.29 is 37.7 Å². The molecule has 33 heavy (non-hydrogen) atoms. The topological polar surface area (TPSA) is 76.0 Å². The first kappa shape index (κ1) is 24.3. The van der Waals surface area contributed by atoms with E-state index in [1.807, 2.05) is 0 Å². The van der Waals surface area contributed by atoms with Crippen LogP contribution in [0.2, 0.25) is 0 Å². The highest BCUT2D eigenvalue weighted by atomic mass is 19.4. The van der Waals surface area contributed by atoms with Gasteiger partial charge < -0.3 is 19.7 Å². The van der Waals surface area contributed by atoms with Crippen LogP contribution in [0.3, 0.4) is 0 Å². The van der Waals surface area contributed by atoms with Gasteiger partial charge in [-0.15, -0.1) is 0 Å². The number of alkyl halides is 3. The number of aliphatic hydroxyl groups excluding tert-OH is 2. The van der Waals surface area contributed by atoms with Crippen LogP contribution in [0.25, 0.3) is 0 Å². The molecule has 0 aliphatic carbocycles. The fourth-order valence-corrected chi connectivity index (χ4v) is 3.51. The Morgan fingerprint density at radius 2 is 1.55 bits per heavy atom. The highest BCUT2D eigenvalue weighted by Crippen LogP contribution is 2.42. The predicted octanol–water partition coefficient (Wildman–Crippen LogP) is 4.88. The molecule has 0 aromatic heterocycles. The minimum atomic E-state index is -4.85. The van der Waals surface area contributed by atoms with E-state index in [4.69, 9.17) is 9.47 Å². The summed E-state index contributed by atoms with van der Waals surface area (Å²) < 4.78 is 53.2. The summed E-state index contributed by atoms with van der Waals surface area (Å²) >= 11 is 0. The van der Waals surface area contributed by atoms with Crippen LogP contribution in [-0.2, 0) is 12.8 Å². The summed E-state index contributed by atoms with van der Waals surface area (Å²) in [6.07, 6.45) is -4.85. The number of carbonyl (C=O) groups is 1. The standard InChI is InChI=1S/C25H23F3O5/c1-16-22(24(31)33-19-10-6-3-7-11-19)21(32-15-17-8-4-2-5-9-17)12-20(18(13-29)14-30)23(16)25(26,27)28/h2-12,18,29-30H,13-15H2,1H3. The van der Waals surface area contributed by atoms with Crippen molar-refractivity contribution in [1.29, 1.82) is 0 Å². The molecule has 0 heterocycles. The highest BCUT2D eigenvalue weighted by molar-refractivity contribution is 5.96. The van der Waals surface area contributed by atoms with Crippen LogP contribution >= 0.6 is 0 Å². The summed E-state index contributed by atoms with van der Waals surface area (Å²) in [4.78, 5) is 13.0. The van der Waals surface area contributed by atoms with Gasteiger partial charge in [-0.1, -0.05) is 48.5 Å². The number of halogens is 3. The number of hydrogen-bond acceptors (Lipinski definition) is 5. The smallest absolute Gasteiger partial charge is 0.416 e. The van der Waals surface area contributed by atoms with Gasteiger partial charge in [-0.2, -0.15) is 13.2 Å². The second-order valence-corrected chi connectivity index (χ2v) is 7.38. The average Bonchev–Trinajstić information content (AvgIpc) is 2.78. The molecule has 0 saturated heterocycles.